The summed E-state index contributed by atoms with van der Waals surface area (Å²) < 4.78 is 25.2. The van der Waals surface area contributed by atoms with Crippen LogP contribution in [0.15, 0.2) is 24.3 Å². The number of piperazine rings is 1. The molecule has 0 aromatic heterocycles. The van der Waals surface area contributed by atoms with Gasteiger partial charge in [0.25, 0.3) is 0 Å². The van der Waals surface area contributed by atoms with Gasteiger partial charge in [0, 0.05) is 33.1 Å². The summed E-state index contributed by atoms with van der Waals surface area (Å²) in [6, 6.07) is 7.97. The van der Waals surface area contributed by atoms with Gasteiger partial charge >= 0.3 is 0 Å². The summed E-state index contributed by atoms with van der Waals surface area (Å²) in [7, 11) is -3.66. The van der Waals surface area contributed by atoms with Gasteiger partial charge in [-0.3, -0.25) is 13.9 Å². The Morgan fingerprint density at radius 1 is 1.12 bits per heavy atom. The maximum absolute atomic E-state index is 12.5. The van der Waals surface area contributed by atoms with Crippen LogP contribution in [0.3, 0.4) is 0 Å². The Morgan fingerprint density at radius 2 is 1.64 bits per heavy atom. The maximum Gasteiger partial charge on any atom is 0.243 e. The van der Waals surface area contributed by atoms with Crippen LogP contribution in [0.5, 0.6) is 0 Å². The minimum Gasteiger partial charge on any atom is -0.339 e. The zero-order valence-electron chi connectivity index (χ0n) is 14.2. The molecule has 1 aliphatic heterocycles. The first-order valence-electron chi connectivity index (χ1n) is 7.73. The van der Waals surface area contributed by atoms with E-state index in [2.05, 4.69) is 0 Å². The number of sulfonamides is 1. The molecule has 0 bridgehead atoms. The van der Waals surface area contributed by atoms with Crippen LogP contribution in [0.4, 0.5) is 5.69 Å². The number of hydrogen-bond acceptors (Lipinski definition) is 5. The van der Waals surface area contributed by atoms with Gasteiger partial charge in [0.15, 0.2) is 0 Å². The molecule has 8 nitrogen and oxygen atoms in total. The third kappa shape index (κ3) is 4.70. The SMILES string of the molecule is CC(=O)N1CCN(C(=O)CN(c2ccc(C#N)cc2)S(C)(=O)=O)CC1. The van der Waals surface area contributed by atoms with Gasteiger partial charge in [0.2, 0.25) is 21.8 Å². The summed E-state index contributed by atoms with van der Waals surface area (Å²) in [5.41, 5.74) is 0.737. The highest BCUT2D eigenvalue weighted by Gasteiger charge is 2.27. The van der Waals surface area contributed by atoms with E-state index >= 15 is 0 Å². The van der Waals surface area contributed by atoms with Crippen molar-refractivity contribution in [3.63, 3.8) is 0 Å². The van der Waals surface area contributed by atoms with Crippen LogP contribution in [-0.4, -0.2) is 69.0 Å². The third-order valence-corrected chi connectivity index (χ3v) is 5.18. The minimum atomic E-state index is -3.66. The summed E-state index contributed by atoms with van der Waals surface area (Å²) in [5.74, 6) is -0.361. The topological polar surface area (TPSA) is 102 Å². The third-order valence-electron chi connectivity index (χ3n) is 4.04. The number of rotatable bonds is 4. The highest BCUT2D eigenvalue weighted by Crippen LogP contribution is 2.18. The molecule has 1 saturated heterocycles. The monoisotopic (exact) mass is 364 g/mol. The second-order valence-electron chi connectivity index (χ2n) is 5.82. The van der Waals surface area contributed by atoms with Gasteiger partial charge in [-0.25, -0.2) is 8.42 Å². The van der Waals surface area contributed by atoms with Gasteiger partial charge in [0.05, 0.1) is 23.6 Å². The number of carbonyl (C=O) groups is 2. The molecule has 25 heavy (non-hydrogen) atoms. The highest BCUT2D eigenvalue weighted by molar-refractivity contribution is 7.92. The Bertz CT molecular complexity index is 790. The molecule has 1 aliphatic rings. The molecule has 0 aliphatic carbocycles. The van der Waals surface area contributed by atoms with E-state index in [0.717, 1.165) is 10.6 Å². The molecule has 2 rings (SSSR count). The van der Waals surface area contributed by atoms with Crippen molar-refractivity contribution in [1.82, 2.24) is 9.80 Å². The maximum atomic E-state index is 12.5. The van der Waals surface area contributed by atoms with Gasteiger partial charge in [-0.2, -0.15) is 5.26 Å². The molecule has 0 atom stereocenters. The Balaban J connectivity index is 2.11. The van der Waals surface area contributed by atoms with Gasteiger partial charge in [-0.15, -0.1) is 0 Å². The van der Waals surface area contributed by atoms with Gasteiger partial charge in [-0.1, -0.05) is 0 Å². The molecule has 0 saturated carbocycles. The summed E-state index contributed by atoms with van der Waals surface area (Å²) >= 11 is 0. The number of nitrogens with zero attached hydrogens (tertiary/aromatic N) is 4. The highest BCUT2D eigenvalue weighted by atomic mass is 32.2. The van der Waals surface area contributed by atoms with Gasteiger partial charge in [-0.05, 0) is 24.3 Å². The van der Waals surface area contributed by atoms with Crippen LogP contribution in [0.2, 0.25) is 0 Å². The van der Waals surface area contributed by atoms with Crippen LogP contribution in [0.25, 0.3) is 0 Å². The van der Waals surface area contributed by atoms with Crippen LogP contribution >= 0.6 is 0 Å². The Morgan fingerprint density at radius 3 is 2.08 bits per heavy atom. The van der Waals surface area contributed by atoms with Crippen molar-refractivity contribution in [1.29, 1.82) is 5.26 Å². The lowest BCUT2D eigenvalue weighted by Crippen LogP contribution is -2.52. The minimum absolute atomic E-state index is 0.0394. The summed E-state index contributed by atoms with van der Waals surface area (Å²) in [6.45, 7) is 2.80. The first-order chi connectivity index (χ1) is 11.7. The molecule has 0 unspecified atom stereocenters. The lowest BCUT2D eigenvalue weighted by Gasteiger charge is -2.35. The molecular formula is C16H20N4O4S. The Labute approximate surface area is 147 Å². The van der Waals surface area contributed by atoms with Crippen LogP contribution in [0, 0.1) is 11.3 Å². The summed E-state index contributed by atoms with van der Waals surface area (Å²) in [4.78, 5) is 27.0. The average Bonchev–Trinajstić information content (AvgIpc) is 2.58. The van der Waals surface area contributed by atoms with Crippen molar-refractivity contribution in [3.8, 4) is 6.07 Å². The number of carbonyl (C=O) groups excluding carboxylic acids is 2. The quantitative estimate of drug-likeness (QED) is 0.749. The molecule has 0 N–H and O–H groups in total. The molecule has 0 radical (unpaired) electrons. The van der Waals surface area contributed by atoms with Crippen molar-refractivity contribution in [2.24, 2.45) is 0 Å². The number of nitriles is 1. The molecule has 1 fully saturated rings. The van der Waals surface area contributed by atoms with E-state index in [1.165, 1.54) is 31.2 Å². The standard InChI is InChI=1S/C16H20N4O4S/c1-13(21)18-7-9-19(10-8-18)16(22)12-20(25(2,23)24)15-5-3-14(11-17)4-6-15/h3-6H,7-10,12H2,1-2H3. The zero-order valence-corrected chi connectivity index (χ0v) is 15.0. The van der Waals surface area contributed by atoms with E-state index in [0.29, 0.717) is 37.4 Å². The molecule has 9 heteroatoms. The smallest absolute Gasteiger partial charge is 0.243 e. The van der Waals surface area contributed by atoms with Crippen molar-refractivity contribution < 1.29 is 18.0 Å². The normalized spacial score (nSPS) is 14.8. The lowest BCUT2D eigenvalue weighted by atomic mass is 10.2. The van der Waals surface area contributed by atoms with E-state index in [9.17, 15) is 18.0 Å². The lowest BCUT2D eigenvalue weighted by molar-refractivity contribution is -0.137. The summed E-state index contributed by atoms with van der Waals surface area (Å²) in [5, 5.41) is 8.83. The molecule has 1 heterocycles. The first kappa shape index (κ1) is 18.7. The second kappa shape index (κ2) is 7.53. The average molecular weight is 364 g/mol. The van der Waals surface area contributed by atoms with Crippen molar-refractivity contribution in [2.45, 2.75) is 6.92 Å². The molecule has 134 valence electrons. The van der Waals surface area contributed by atoms with E-state index in [4.69, 9.17) is 5.26 Å². The van der Waals surface area contributed by atoms with Crippen LogP contribution in [0.1, 0.15) is 12.5 Å². The van der Waals surface area contributed by atoms with E-state index in [1.54, 1.807) is 9.80 Å². The number of amides is 2. The fourth-order valence-corrected chi connectivity index (χ4v) is 3.45. The van der Waals surface area contributed by atoms with Crippen molar-refractivity contribution >= 4 is 27.5 Å². The fraction of sp³-hybridized carbons (Fsp3) is 0.438. The van der Waals surface area contributed by atoms with Crippen LogP contribution in [-0.2, 0) is 19.6 Å². The predicted molar refractivity (Wildman–Crippen MR) is 92.2 cm³/mol. The van der Waals surface area contributed by atoms with E-state index in [1.807, 2.05) is 6.07 Å². The van der Waals surface area contributed by atoms with Crippen molar-refractivity contribution in [2.75, 3.05) is 43.3 Å². The molecule has 1 aromatic rings. The molecular weight excluding hydrogens is 344 g/mol. The van der Waals surface area contributed by atoms with Crippen molar-refractivity contribution in [3.05, 3.63) is 29.8 Å². The first-order valence-corrected chi connectivity index (χ1v) is 9.58. The summed E-state index contributed by atoms with van der Waals surface area (Å²) in [6.07, 6.45) is 1.03. The zero-order chi connectivity index (χ0) is 18.6. The Hall–Kier alpha value is -2.60. The second-order valence-corrected chi connectivity index (χ2v) is 7.72. The number of anilines is 1. The predicted octanol–water partition coefficient (Wildman–Crippen LogP) is 0.0150. The molecule has 2 amide bonds. The molecule has 1 aromatic carbocycles. The van der Waals surface area contributed by atoms with Gasteiger partial charge < -0.3 is 9.80 Å². The van der Waals surface area contributed by atoms with Gasteiger partial charge in [0.1, 0.15) is 6.54 Å². The largest absolute Gasteiger partial charge is 0.339 e. The molecule has 0 spiro atoms. The fourth-order valence-electron chi connectivity index (χ4n) is 2.60. The van der Waals surface area contributed by atoms with E-state index in [-0.39, 0.29) is 18.4 Å². The number of hydrogen-bond donors (Lipinski definition) is 0. The Kier molecular flexibility index (Phi) is 5.64. The number of benzene rings is 1. The van der Waals surface area contributed by atoms with E-state index < -0.39 is 10.0 Å². The van der Waals surface area contributed by atoms with Crippen LogP contribution < -0.4 is 4.31 Å².